The first-order chi connectivity index (χ1) is 12.6. The number of guanidine groups is 1. The van der Waals surface area contributed by atoms with Crippen molar-refractivity contribution in [1.29, 1.82) is 0 Å². The molecule has 0 spiro atoms. The molecule has 0 aliphatic carbocycles. The number of methoxy groups -OCH3 is 1. The van der Waals surface area contributed by atoms with Gasteiger partial charge in [0.05, 0.1) is 13.7 Å². The number of para-hydroxylation sites is 1. The van der Waals surface area contributed by atoms with E-state index in [9.17, 15) is 4.79 Å². The summed E-state index contributed by atoms with van der Waals surface area (Å²) >= 11 is 0. The van der Waals surface area contributed by atoms with Crippen LogP contribution in [0.15, 0.2) is 59.6 Å². The fourth-order valence-corrected chi connectivity index (χ4v) is 2.57. The average Bonchev–Trinajstić information content (AvgIpc) is 2.68. The summed E-state index contributed by atoms with van der Waals surface area (Å²) in [5.41, 5.74) is 2.12. The molecule has 2 aromatic rings. The zero-order valence-corrected chi connectivity index (χ0v) is 15.5. The van der Waals surface area contributed by atoms with E-state index >= 15 is 0 Å². The number of aliphatic imine (C=N–C) groups is 1. The quantitative estimate of drug-likeness (QED) is 0.590. The third kappa shape index (κ3) is 5.81. The molecule has 6 heteroatoms. The van der Waals surface area contributed by atoms with E-state index in [4.69, 9.17) is 4.74 Å². The third-order valence-electron chi connectivity index (χ3n) is 3.91. The van der Waals surface area contributed by atoms with Gasteiger partial charge in [-0.25, -0.2) is 0 Å². The molecule has 0 unspecified atom stereocenters. The number of hydrogen-bond donors (Lipinski definition) is 2. The molecule has 26 heavy (non-hydrogen) atoms. The van der Waals surface area contributed by atoms with E-state index in [2.05, 4.69) is 15.6 Å². The van der Waals surface area contributed by atoms with Gasteiger partial charge in [-0.05, 0) is 11.6 Å². The molecule has 0 aliphatic heterocycles. The number of hydrogen-bond acceptors (Lipinski definition) is 3. The van der Waals surface area contributed by atoms with Crippen LogP contribution in [0.5, 0.6) is 5.75 Å². The van der Waals surface area contributed by atoms with Crippen LogP contribution in [0.1, 0.15) is 11.1 Å². The van der Waals surface area contributed by atoms with Crippen molar-refractivity contribution in [1.82, 2.24) is 15.5 Å². The van der Waals surface area contributed by atoms with Crippen LogP contribution >= 0.6 is 0 Å². The molecule has 0 saturated heterocycles. The second-order valence-electron chi connectivity index (χ2n) is 5.83. The standard InChI is InChI=1S/C20H26N4O2/c1-21-20(24(2)15-17-11-7-8-12-18(17)26-3)23-14-19(25)22-13-16-9-5-4-6-10-16/h4-12H,13-15H2,1-3H3,(H,21,23)(H,22,25). The Morgan fingerprint density at radius 3 is 2.46 bits per heavy atom. The fourth-order valence-electron chi connectivity index (χ4n) is 2.57. The molecular formula is C20H26N4O2. The predicted molar refractivity (Wildman–Crippen MR) is 104 cm³/mol. The fraction of sp³-hybridized carbons (Fsp3) is 0.300. The van der Waals surface area contributed by atoms with E-state index < -0.39 is 0 Å². The van der Waals surface area contributed by atoms with Crippen molar-refractivity contribution in [3.8, 4) is 5.75 Å². The number of amides is 1. The summed E-state index contributed by atoms with van der Waals surface area (Å²) in [7, 11) is 5.27. The van der Waals surface area contributed by atoms with E-state index in [-0.39, 0.29) is 12.5 Å². The van der Waals surface area contributed by atoms with E-state index in [1.54, 1.807) is 14.2 Å². The summed E-state index contributed by atoms with van der Waals surface area (Å²) in [5.74, 6) is 1.39. The first-order valence-electron chi connectivity index (χ1n) is 8.48. The molecule has 2 rings (SSSR count). The van der Waals surface area contributed by atoms with Gasteiger partial charge in [-0.1, -0.05) is 48.5 Å². The van der Waals surface area contributed by atoms with Crippen molar-refractivity contribution < 1.29 is 9.53 Å². The van der Waals surface area contributed by atoms with Crippen LogP contribution in [0.25, 0.3) is 0 Å². The molecule has 0 aromatic heterocycles. The first-order valence-corrected chi connectivity index (χ1v) is 8.48. The Morgan fingerprint density at radius 2 is 1.77 bits per heavy atom. The highest BCUT2D eigenvalue weighted by molar-refractivity contribution is 5.86. The Morgan fingerprint density at radius 1 is 1.08 bits per heavy atom. The second-order valence-corrected chi connectivity index (χ2v) is 5.83. The zero-order chi connectivity index (χ0) is 18.8. The normalized spacial score (nSPS) is 11.0. The second kappa shape index (κ2) is 10.1. The third-order valence-corrected chi connectivity index (χ3v) is 3.91. The summed E-state index contributed by atoms with van der Waals surface area (Å²) in [6, 6.07) is 17.7. The van der Waals surface area contributed by atoms with E-state index in [0.717, 1.165) is 16.9 Å². The van der Waals surface area contributed by atoms with Gasteiger partial charge in [-0.2, -0.15) is 0 Å². The minimum Gasteiger partial charge on any atom is -0.496 e. The number of benzene rings is 2. The summed E-state index contributed by atoms with van der Waals surface area (Å²) in [4.78, 5) is 18.2. The van der Waals surface area contributed by atoms with E-state index in [1.807, 2.05) is 66.5 Å². The topological polar surface area (TPSA) is 66.0 Å². The molecule has 138 valence electrons. The Labute approximate surface area is 154 Å². The van der Waals surface area contributed by atoms with Crippen LogP contribution in [-0.4, -0.2) is 44.5 Å². The average molecular weight is 354 g/mol. The lowest BCUT2D eigenvalue weighted by Crippen LogP contribution is -2.43. The predicted octanol–water partition coefficient (Wildman–Crippen LogP) is 2.02. The number of rotatable bonds is 7. The maximum Gasteiger partial charge on any atom is 0.239 e. The van der Waals surface area contributed by atoms with Crippen molar-refractivity contribution in [3.05, 3.63) is 65.7 Å². The lowest BCUT2D eigenvalue weighted by atomic mass is 10.2. The monoisotopic (exact) mass is 354 g/mol. The number of nitrogens with one attached hydrogen (secondary N) is 2. The van der Waals surface area contributed by atoms with Gasteiger partial charge >= 0.3 is 0 Å². The van der Waals surface area contributed by atoms with E-state index in [0.29, 0.717) is 19.0 Å². The van der Waals surface area contributed by atoms with Crippen molar-refractivity contribution in [3.63, 3.8) is 0 Å². The SMILES string of the molecule is CN=C(NCC(=O)NCc1ccccc1)N(C)Cc1ccccc1OC. The number of carbonyl (C=O) groups excluding carboxylic acids is 1. The van der Waals surface area contributed by atoms with Crippen LogP contribution in [0, 0.1) is 0 Å². The highest BCUT2D eigenvalue weighted by Crippen LogP contribution is 2.18. The number of nitrogens with zero attached hydrogens (tertiary/aromatic N) is 2. The van der Waals surface area contributed by atoms with E-state index in [1.165, 1.54) is 0 Å². The Bertz CT molecular complexity index is 732. The zero-order valence-electron chi connectivity index (χ0n) is 15.5. The summed E-state index contributed by atoms with van der Waals surface area (Å²) in [6.07, 6.45) is 0. The summed E-state index contributed by atoms with van der Waals surface area (Å²) < 4.78 is 5.38. The van der Waals surface area contributed by atoms with Crippen LogP contribution < -0.4 is 15.4 Å². The molecule has 0 aliphatic rings. The minimum atomic E-state index is -0.0827. The molecule has 2 aromatic carbocycles. The van der Waals surface area contributed by atoms with Gasteiger partial charge in [0.1, 0.15) is 5.75 Å². The van der Waals surface area contributed by atoms with Gasteiger partial charge in [0, 0.05) is 32.7 Å². The lowest BCUT2D eigenvalue weighted by molar-refractivity contribution is -0.120. The van der Waals surface area contributed by atoms with Crippen molar-refractivity contribution in [2.45, 2.75) is 13.1 Å². The highest BCUT2D eigenvalue weighted by Gasteiger charge is 2.11. The van der Waals surface area contributed by atoms with Crippen LogP contribution in [0.3, 0.4) is 0 Å². The Balaban J connectivity index is 1.83. The van der Waals surface area contributed by atoms with Gasteiger partial charge in [0.15, 0.2) is 5.96 Å². The van der Waals surface area contributed by atoms with Gasteiger partial charge in [-0.15, -0.1) is 0 Å². The maximum absolute atomic E-state index is 12.1. The molecule has 0 fully saturated rings. The van der Waals surface area contributed by atoms with Crippen LogP contribution in [0.2, 0.25) is 0 Å². The van der Waals surface area contributed by atoms with Crippen LogP contribution in [-0.2, 0) is 17.9 Å². The largest absolute Gasteiger partial charge is 0.496 e. The first kappa shape index (κ1) is 19.3. The molecule has 0 atom stereocenters. The Hall–Kier alpha value is -3.02. The lowest BCUT2D eigenvalue weighted by Gasteiger charge is -2.23. The summed E-state index contributed by atoms with van der Waals surface area (Å²) in [6.45, 7) is 1.29. The molecule has 0 heterocycles. The molecule has 1 amide bonds. The van der Waals surface area contributed by atoms with Crippen molar-refractivity contribution in [2.24, 2.45) is 4.99 Å². The van der Waals surface area contributed by atoms with Crippen molar-refractivity contribution >= 4 is 11.9 Å². The molecule has 0 radical (unpaired) electrons. The highest BCUT2D eigenvalue weighted by atomic mass is 16.5. The van der Waals surface area contributed by atoms with Crippen molar-refractivity contribution in [2.75, 3.05) is 27.7 Å². The molecule has 2 N–H and O–H groups in total. The molecule has 0 saturated carbocycles. The Kier molecular flexibility index (Phi) is 7.49. The number of carbonyl (C=O) groups is 1. The minimum absolute atomic E-state index is 0.0827. The smallest absolute Gasteiger partial charge is 0.239 e. The summed E-state index contributed by atoms with van der Waals surface area (Å²) in [5, 5.41) is 5.98. The molecule has 6 nitrogen and oxygen atoms in total. The number of ether oxygens (including phenoxy) is 1. The van der Waals surface area contributed by atoms with Gasteiger partial charge in [0.2, 0.25) is 5.91 Å². The van der Waals surface area contributed by atoms with Gasteiger partial charge < -0.3 is 20.3 Å². The maximum atomic E-state index is 12.1. The van der Waals surface area contributed by atoms with Gasteiger partial charge in [-0.3, -0.25) is 9.79 Å². The van der Waals surface area contributed by atoms with Crippen LogP contribution in [0.4, 0.5) is 0 Å². The van der Waals surface area contributed by atoms with Gasteiger partial charge in [0.25, 0.3) is 0 Å². The molecule has 0 bridgehead atoms. The molecular weight excluding hydrogens is 328 g/mol.